The fourth-order valence-corrected chi connectivity index (χ4v) is 3.79. The van der Waals surface area contributed by atoms with Crippen molar-refractivity contribution in [3.63, 3.8) is 0 Å². The van der Waals surface area contributed by atoms with Crippen molar-refractivity contribution in [3.8, 4) is 0 Å². The van der Waals surface area contributed by atoms with E-state index in [9.17, 15) is 0 Å². The van der Waals surface area contributed by atoms with E-state index in [2.05, 4.69) is 81.4 Å². The van der Waals surface area contributed by atoms with Gasteiger partial charge < -0.3 is 0 Å². The van der Waals surface area contributed by atoms with Crippen LogP contribution < -0.4 is 0 Å². The molecule has 2 aromatic carbocycles. The van der Waals surface area contributed by atoms with Crippen LogP contribution >= 0.6 is 0 Å². The molecule has 0 aliphatic rings. The zero-order valence-corrected chi connectivity index (χ0v) is 13.0. The minimum absolute atomic E-state index is 0.145. The van der Waals surface area contributed by atoms with Crippen LogP contribution in [0.25, 0.3) is 0 Å². The van der Waals surface area contributed by atoms with Gasteiger partial charge in [-0.2, -0.15) is 0 Å². The van der Waals surface area contributed by atoms with Gasteiger partial charge in [0.15, 0.2) is 0 Å². The van der Waals surface area contributed by atoms with Gasteiger partial charge in [0.05, 0.1) is 0 Å². The van der Waals surface area contributed by atoms with Crippen LogP contribution in [0.15, 0.2) is 60.7 Å². The van der Waals surface area contributed by atoms with E-state index in [1.54, 1.807) is 0 Å². The Kier molecular flexibility index (Phi) is 5.00. The van der Waals surface area contributed by atoms with Crippen LogP contribution in [0.4, 0.5) is 0 Å². The van der Waals surface area contributed by atoms with Crippen LogP contribution in [0, 0.1) is 5.92 Å². The maximum absolute atomic E-state index is 2.33. The quantitative estimate of drug-likeness (QED) is 0.618. The molecule has 0 fully saturated rings. The molecule has 0 nitrogen and oxygen atoms in total. The lowest BCUT2D eigenvalue weighted by molar-refractivity contribution is 0.290. The minimum atomic E-state index is 0.145. The van der Waals surface area contributed by atoms with Crippen molar-refractivity contribution >= 4 is 0 Å². The SMILES string of the molecule is CCC(CC)C(CC)(c1ccccc1)c1ccccc1. The number of hydrogen-bond donors (Lipinski definition) is 0. The molecule has 0 saturated heterocycles. The molecule has 0 aromatic heterocycles. The fraction of sp³-hybridized carbons (Fsp3) is 0.400. The highest BCUT2D eigenvalue weighted by atomic mass is 14.4. The zero-order chi connectivity index (χ0) is 14.4. The first-order valence-corrected chi connectivity index (χ1v) is 7.90. The van der Waals surface area contributed by atoms with Gasteiger partial charge in [-0.05, 0) is 23.5 Å². The Bertz CT molecular complexity index is 455. The second-order valence-electron chi connectivity index (χ2n) is 5.57. The van der Waals surface area contributed by atoms with E-state index in [4.69, 9.17) is 0 Å². The average Bonchev–Trinajstić information content (AvgIpc) is 2.54. The predicted molar refractivity (Wildman–Crippen MR) is 88.0 cm³/mol. The van der Waals surface area contributed by atoms with Crippen LogP contribution in [0.5, 0.6) is 0 Å². The molecule has 0 heteroatoms. The van der Waals surface area contributed by atoms with E-state index in [1.807, 2.05) is 0 Å². The Hall–Kier alpha value is -1.56. The van der Waals surface area contributed by atoms with Gasteiger partial charge in [-0.15, -0.1) is 0 Å². The molecule has 0 saturated carbocycles. The van der Waals surface area contributed by atoms with E-state index in [0.29, 0.717) is 5.92 Å². The Morgan fingerprint density at radius 2 is 1.10 bits per heavy atom. The number of rotatable bonds is 6. The lowest BCUT2D eigenvalue weighted by Gasteiger charge is -2.41. The Balaban J connectivity index is 2.64. The van der Waals surface area contributed by atoms with Crippen LogP contribution in [-0.2, 0) is 5.41 Å². The van der Waals surface area contributed by atoms with Crippen LogP contribution in [0.3, 0.4) is 0 Å². The first-order valence-electron chi connectivity index (χ1n) is 7.90. The highest BCUT2D eigenvalue weighted by molar-refractivity contribution is 5.40. The van der Waals surface area contributed by atoms with Gasteiger partial charge >= 0.3 is 0 Å². The first kappa shape index (κ1) is 14.8. The van der Waals surface area contributed by atoms with Gasteiger partial charge in [0.2, 0.25) is 0 Å². The number of benzene rings is 2. The van der Waals surface area contributed by atoms with Crippen LogP contribution in [0.1, 0.15) is 51.2 Å². The molecule has 0 aliphatic carbocycles. The first-order chi connectivity index (χ1) is 9.79. The lowest BCUT2D eigenvalue weighted by atomic mass is 9.62. The normalized spacial score (nSPS) is 11.8. The molecule has 0 amide bonds. The summed E-state index contributed by atoms with van der Waals surface area (Å²) < 4.78 is 0. The summed E-state index contributed by atoms with van der Waals surface area (Å²) in [4.78, 5) is 0. The molecule has 106 valence electrons. The van der Waals surface area contributed by atoms with E-state index in [-0.39, 0.29) is 5.41 Å². The van der Waals surface area contributed by atoms with Crippen molar-refractivity contribution in [2.24, 2.45) is 5.92 Å². The van der Waals surface area contributed by atoms with Gasteiger partial charge in [-0.1, -0.05) is 94.3 Å². The molecule has 0 atom stereocenters. The third kappa shape index (κ3) is 2.52. The fourth-order valence-electron chi connectivity index (χ4n) is 3.79. The van der Waals surface area contributed by atoms with Crippen LogP contribution in [0.2, 0.25) is 0 Å². The third-order valence-electron chi connectivity index (χ3n) is 4.82. The monoisotopic (exact) mass is 266 g/mol. The smallest absolute Gasteiger partial charge is 0.0228 e. The summed E-state index contributed by atoms with van der Waals surface area (Å²) in [7, 11) is 0. The van der Waals surface area contributed by atoms with Crippen molar-refractivity contribution < 1.29 is 0 Å². The molecule has 0 N–H and O–H groups in total. The van der Waals surface area contributed by atoms with Gasteiger partial charge in [-0.3, -0.25) is 0 Å². The molecule has 0 heterocycles. The molecule has 0 radical (unpaired) electrons. The second kappa shape index (κ2) is 6.74. The minimum Gasteiger partial charge on any atom is -0.0651 e. The summed E-state index contributed by atoms with van der Waals surface area (Å²) in [6, 6.07) is 22.1. The third-order valence-corrected chi connectivity index (χ3v) is 4.82. The van der Waals surface area contributed by atoms with Crippen molar-refractivity contribution in [2.75, 3.05) is 0 Å². The van der Waals surface area contributed by atoms with E-state index >= 15 is 0 Å². The molecule has 0 spiro atoms. The largest absolute Gasteiger partial charge is 0.0651 e. The molecule has 0 unspecified atom stereocenters. The molecule has 2 rings (SSSR count). The summed E-state index contributed by atoms with van der Waals surface area (Å²) in [5, 5.41) is 0. The van der Waals surface area contributed by atoms with Gasteiger partial charge in [-0.25, -0.2) is 0 Å². The van der Waals surface area contributed by atoms with Gasteiger partial charge in [0.1, 0.15) is 0 Å². The lowest BCUT2D eigenvalue weighted by Crippen LogP contribution is -2.35. The maximum Gasteiger partial charge on any atom is 0.0228 e. The molecule has 0 bridgehead atoms. The van der Waals surface area contributed by atoms with Gasteiger partial charge in [0, 0.05) is 5.41 Å². The Morgan fingerprint density at radius 3 is 1.40 bits per heavy atom. The van der Waals surface area contributed by atoms with Crippen LogP contribution in [-0.4, -0.2) is 0 Å². The maximum atomic E-state index is 2.33. The van der Waals surface area contributed by atoms with E-state index in [1.165, 1.54) is 24.0 Å². The van der Waals surface area contributed by atoms with E-state index < -0.39 is 0 Å². The summed E-state index contributed by atoms with van der Waals surface area (Å²) in [5.74, 6) is 0.678. The van der Waals surface area contributed by atoms with Crippen molar-refractivity contribution in [2.45, 2.75) is 45.4 Å². The second-order valence-corrected chi connectivity index (χ2v) is 5.57. The summed E-state index contributed by atoms with van der Waals surface area (Å²) in [6.45, 7) is 6.98. The van der Waals surface area contributed by atoms with Crippen molar-refractivity contribution in [1.29, 1.82) is 0 Å². The topological polar surface area (TPSA) is 0 Å². The summed E-state index contributed by atoms with van der Waals surface area (Å²) >= 11 is 0. The predicted octanol–water partition coefficient (Wildman–Crippen LogP) is 5.82. The average molecular weight is 266 g/mol. The molecular formula is C20H26. The van der Waals surface area contributed by atoms with Gasteiger partial charge in [0.25, 0.3) is 0 Å². The van der Waals surface area contributed by atoms with Crippen molar-refractivity contribution in [3.05, 3.63) is 71.8 Å². The molecule has 20 heavy (non-hydrogen) atoms. The summed E-state index contributed by atoms with van der Waals surface area (Å²) in [6.07, 6.45) is 3.58. The molecule has 0 aliphatic heterocycles. The zero-order valence-electron chi connectivity index (χ0n) is 13.0. The number of hydrogen-bond acceptors (Lipinski definition) is 0. The Morgan fingerprint density at radius 1 is 0.700 bits per heavy atom. The molecule has 2 aromatic rings. The summed E-state index contributed by atoms with van der Waals surface area (Å²) in [5.41, 5.74) is 3.07. The molecular weight excluding hydrogens is 240 g/mol. The standard InChI is InChI=1S/C20H26/c1-4-17(5-2)20(6-3,18-13-9-7-10-14-18)19-15-11-8-12-16-19/h7-17H,4-6H2,1-3H3. The highest BCUT2D eigenvalue weighted by Crippen LogP contribution is 2.45. The highest BCUT2D eigenvalue weighted by Gasteiger charge is 2.38. The van der Waals surface area contributed by atoms with Crippen molar-refractivity contribution in [1.82, 2.24) is 0 Å². The Labute approximate surface area is 123 Å². The van der Waals surface area contributed by atoms with E-state index in [0.717, 1.165) is 6.42 Å².